The molecule has 0 radical (unpaired) electrons. The molecule has 0 atom stereocenters. The van der Waals surface area contributed by atoms with Crippen LogP contribution in [0.15, 0.2) is 54.6 Å². The minimum Gasteiger partial charge on any atom is -0.545 e. The predicted octanol–water partition coefficient (Wildman–Crippen LogP) is 2.69. The Hall–Kier alpha value is -3.47. The lowest BCUT2D eigenvalue weighted by Gasteiger charge is -2.06. The first kappa shape index (κ1) is 16.4. The Morgan fingerprint density at radius 1 is 1.00 bits per heavy atom. The molecule has 0 amide bonds. The van der Waals surface area contributed by atoms with Gasteiger partial charge in [-0.1, -0.05) is 48.5 Å². The number of carbonyl (C=O) groups excluding carboxylic acids is 2. The molecule has 0 spiro atoms. The maximum Gasteiger partial charge on any atom is 0.308 e. The number of fused-ring (bicyclic) bond motifs is 1. The molecule has 2 aromatic carbocycles. The summed E-state index contributed by atoms with van der Waals surface area (Å²) in [6, 6.07) is 15.5. The average molecular weight is 332 g/mol. The van der Waals surface area contributed by atoms with Crippen LogP contribution in [0.2, 0.25) is 0 Å². The number of hydrogen-bond acceptors (Lipinski definition) is 5. The number of carboxylic acid groups (broad SMARTS) is 1. The minimum absolute atomic E-state index is 0.131. The number of ether oxygens (including phenoxy) is 1. The summed E-state index contributed by atoms with van der Waals surface area (Å²) in [5, 5.41) is 11.6. The Bertz CT molecular complexity index is 975. The summed E-state index contributed by atoms with van der Waals surface area (Å²) in [5.74, 6) is -1.19. The molecule has 3 rings (SSSR count). The maximum absolute atomic E-state index is 11.2. The molecule has 3 aromatic rings. The second-order valence-electron chi connectivity index (χ2n) is 5.40. The van der Waals surface area contributed by atoms with Crippen LogP contribution in [0.25, 0.3) is 23.1 Å². The van der Waals surface area contributed by atoms with Crippen LogP contribution in [-0.4, -0.2) is 16.9 Å². The number of nitrogens with zero attached hydrogens (tertiary/aromatic N) is 1. The van der Waals surface area contributed by atoms with E-state index in [9.17, 15) is 14.7 Å². The highest BCUT2D eigenvalue weighted by molar-refractivity contribution is 5.88. The van der Waals surface area contributed by atoms with E-state index in [-0.39, 0.29) is 5.56 Å². The quantitative estimate of drug-likeness (QED) is 0.542. The van der Waals surface area contributed by atoms with Gasteiger partial charge < -0.3 is 14.6 Å². The molecular formula is C20H14NO4-. The summed E-state index contributed by atoms with van der Waals surface area (Å²) in [4.78, 5) is 26.5. The highest BCUT2D eigenvalue weighted by Crippen LogP contribution is 2.24. The van der Waals surface area contributed by atoms with Gasteiger partial charge in [-0.05, 0) is 29.3 Å². The number of hydrogen-bond donors (Lipinski definition) is 0. The van der Waals surface area contributed by atoms with E-state index in [1.54, 1.807) is 30.3 Å². The zero-order chi connectivity index (χ0) is 17.8. The largest absolute Gasteiger partial charge is 0.545 e. The highest BCUT2D eigenvalue weighted by atomic mass is 16.5. The molecule has 1 aromatic heterocycles. The van der Waals surface area contributed by atoms with Gasteiger partial charge in [0.15, 0.2) is 5.75 Å². The van der Waals surface area contributed by atoms with Crippen LogP contribution in [0.1, 0.15) is 28.5 Å². The molecule has 0 saturated carbocycles. The van der Waals surface area contributed by atoms with Crippen molar-refractivity contribution >= 4 is 35.0 Å². The van der Waals surface area contributed by atoms with E-state index in [1.807, 2.05) is 24.3 Å². The molecule has 0 aliphatic heterocycles. The van der Waals surface area contributed by atoms with Crippen LogP contribution >= 0.6 is 0 Å². The number of benzene rings is 2. The van der Waals surface area contributed by atoms with Crippen LogP contribution in [0.5, 0.6) is 5.75 Å². The van der Waals surface area contributed by atoms with Gasteiger partial charge in [0.2, 0.25) is 0 Å². The van der Waals surface area contributed by atoms with Crippen molar-refractivity contribution in [2.24, 2.45) is 0 Å². The molecular weight excluding hydrogens is 318 g/mol. The number of rotatable bonds is 4. The van der Waals surface area contributed by atoms with Crippen molar-refractivity contribution in [1.82, 2.24) is 4.98 Å². The van der Waals surface area contributed by atoms with E-state index in [2.05, 4.69) is 4.98 Å². The Labute approximate surface area is 144 Å². The number of carboxylic acids is 1. The molecule has 0 aliphatic rings. The summed E-state index contributed by atoms with van der Waals surface area (Å²) in [6.45, 7) is 1.35. The molecule has 0 fully saturated rings. The number of esters is 1. The fourth-order valence-electron chi connectivity index (χ4n) is 2.38. The second-order valence-corrected chi connectivity index (χ2v) is 5.40. The lowest BCUT2D eigenvalue weighted by Crippen LogP contribution is -2.21. The fraction of sp³-hybridized carbons (Fsp3) is 0.0500. The second kappa shape index (κ2) is 6.97. The van der Waals surface area contributed by atoms with E-state index in [4.69, 9.17) is 4.74 Å². The first-order valence-electron chi connectivity index (χ1n) is 7.60. The molecule has 1 heterocycles. The normalized spacial score (nSPS) is 10.9. The van der Waals surface area contributed by atoms with Crippen molar-refractivity contribution in [1.29, 1.82) is 0 Å². The van der Waals surface area contributed by atoms with Crippen molar-refractivity contribution < 1.29 is 19.4 Å². The predicted molar refractivity (Wildman–Crippen MR) is 92.8 cm³/mol. The Morgan fingerprint density at radius 3 is 2.44 bits per heavy atom. The van der Waals surface area contributed by atoms with Gasteiger partial charge in [0.25, 0.3) is 0 Å². The van der Waals surface area contributed by atoms with Crippen molar-refractivity contribution in [3.63, 3.8) is 0 Å². The Balaban J connectivity index is 1.90. The summed E-state index contributed by atoms with van der Waals surface area (Å²) in [7, 11) is 0. The topological polar surface area (TPSA) is 79.3 Å². The van der Waals surface area contributed by atoms with Gasteiger partial charge in [0.1, 0.15) is 5.52 Å². The number of pyridine rings is 1. The highest BCUT2D eigenvalue weighted by Gasteiger charge is 2.06. The first-order chi connectivity index (χ1) is 12.0. The Morgan fingerprint density at radius 2 is 1.76 bits per heavy atom. The SMILES string of the molecule is CC(=O)Oc1cccc2ccc(/C=C/c3ccc(C(=O)[O-])cc3)nc12. The van der Waals surface area contributed by atoms with E-state index >= 15 is 0 Å². The summed E-state index contributed by atoms with van der Waals surface area (Å²) < 4.78 is 5.19. The van der Waals surface area contributed by atoms with E-state index in [0.29, 0.717) is 17.0 Å². The van der Waals surface area contributed by atoms with Gasteiger partial charge in [-0.2, -0.15) is 0 Å². The van der Waals surface area contributed by atoms with Crippen molar-refractivity contribution in [3.8, 4) is 5.75 Å². The van der Waals surface area contributed by atoms with E-state index in [1.165, 1.54) is 19.1 Å². The third-order valence-electron chi connectivity index (χ3n) is 3.55. The molecule has 25 heavy (non-hydrogen) atoms. The first-order valence-corrected chi connectivity index (χ1v) is 7.60. The zero-order valence-corrected chi connectivity index (χ0v) is 13.4. The van der Waals surface area contributed by atoms with Gasteiger partial charge in [-0.15, -0.1) is 0 Å². The Kier molecular flexibility index (Phi) is 4.57. The van der Waals surface area contributed by atoms with Gasteiger partial charge >= 0.3 is 5.97 Å². The van der Waals surface area contributed by atoms with Crippen molar-refractivity contribution in [2.45, 2.75) is 6.92 Å². The van der Waals surface area contributed by atoms with Crippen LogP contribution < -0.4 is 9.84 Å². The molecule has 0 aliphatic carbocycles. The van der Waals surface area contributed by atoms with Gasteiger partial charge in [-0.25, -0.2) is 4.98 Å². The molecule has 0 bridgehead atoms. The lowest BCUT2D eigenvalue weighted by molar-refractivity contribution is -0.255. The van der Waals surface area contributed by atoms with E-state index < -0.39 is 11.9 Å². The fourth-order valence-corrected chi connectivity index (χ4v) is 2.38. The maximum atomic E-state index is 11.2. The van der Waals surface area contributed by atoms with Gasteiger partial charge in [0, 0.05) is 12.3 Å². The monoisotopic (exact) mass is 332 g/mol. The summed E-state index contributed by atoms with van der Waals surface area (Å²) in [6.07, 6.45) is 3.62. The summed E-state index contributed by atoms with van der Waals surface area (Å²) >= 11 is 0. The van der Waals surface area contributed by atoms with Crippen LogP contribution in [0, 0.1) is 0 Å². The molecule has 0 saturated heterocycles. The van der Waals surface area contributed by atoms with Gasteiger partial charge in [-0.3, -0.25) is 4.79 Å². The molecule has 124 valence electrons. The van der Waals surface area contributed by atoms with Gasteiger partial charge in [0.05, 0.1) is 11.7 Å². The third kappa shape index (κ3) is 3.90. The molecule has 5 nitrogen and oxygen atoms in total. The molecule has 0 unspecified atom stereocenters. The number of carbonyl (C=O) groups is 2. The standard InChI is InChI=1S/C20H15NO4/c1-13(22)25-18-4-2-3-15-10-12-17(21-19(15)18)11-7-14-5-8-16(9-6-14)20(23)24/h2-12H,1H3,(H,23,24)/p-1/b11-7+. The number of aromatic carboxylic acids is 1. The van der Waals surface area contributed by atoms with Crippen LogP contribution in [-0.2, 0) is 4.79 Å². The summed E-state index contributed by atoms with van der Waals surface area (Å²) in [5.41, 5.74) is 2.26. The smallest absolute Gasteiger partial charge is 0.308 e. The molecule has 5 heteroatoms. The molecule has 0 N–H and O–H groups in total. The number of aromatic nitrogens is 1. The zero-order valence-electron chi connectivity index (χ0n) is 13.4. The third-order valence-corrected chi connectivity index (χ3v) is 3.55. The minimum atomic E-state index is -1.20. The van der Waals surface area contributed by atoms with E-state index in [0.717, 1.165) is 10.9 Å². The lowest BCUT2D eigenvalue weighted by atomic mass is 10.1. The van der Waals surface area contributed by atoms with Crippen LogP contribution in [0.4, 0.5) is 0 Å². The average Bonchev–Trinajstić information content (AvgIpc) is 2.60. The van der Waals surface area contributed by atoms with Crippen molar-refractivity contribution in [2.75, 3.05) is 0 Å². The van der Waals surface area contributed by atoms with Crippen molar-refractivity contribution in [3.05, 3.63) is 71.4 Å². The number of para-hydroxylation sites is 1. The van der Waals surface area contributed by atoms with Crippen LogP contribution in [0.3, 0.4) is 0 Å².